The molecule has 0 bridgehead atoms. The van der Waals surface area contributed by atoms with Crippen molar-refractivity contribution >= 4 is 27.7 Å². The first-order valence-electron chi connectivity index (χ1n) is 9.58. The fourth-order valence-corrected chi connectivity index (χ4v) is 3.71. The lowest BCUT2D eigenvalue weighted by Gasteiger charge is -2.05. The van der Waals surface area contributed by atoms with Gasteiger partial charge < -0.3 is 5.32 Å². The summed E-state index contributed by atoms with van der Waals surface area (Å²) in [6.07, 6.45) is 1.54. The van der Waals surface area contributed by atoms with E-state index in [0.29, 0.717) is 35.9 Å². The van der Waals surface area contributed by atoms with Gasteiger partial charge in [-0.05, 0) is 42.2 Å². The van der Waals surface area contributed by atoms with Gasteiger partial charge in [0.15, 0.2) is 0 Å². The number of nitrogens with zero attached hydrogens (tertiary/aromatic N) is 3. The Morgan fingerprint density at radius 3 is 2.55 bits per heavy atom. The van der Waals surface area contributed by atoms with Crippen molar-refractivity contribution in [2.24, 2.45) is 0 Å². The molecule has 6 nitrogen and oxygen atoms in total. The average molecular weight is 452 g/mol. The molecule has 29 heavy (non-hydrogen) atoms. The number of halogens is 1. The molecule has 0 amide bonds. The topological polar surface area (TPSA) is 75.1 Å². The Bertz CT molecular complexity index is 1210. The van der Waals surface area contributed by atoms with Gasteiger partial charge in [0.05, 0.1) is 5.69 Å². The van der Waals surface area contributed by atoms with Crippen molar-refractivity contribution in [2.45, 2.75) is 33.2 Å². The number of aromatic amines is 1. The number of anilines is 1. The number of nitrogens with one attached hydrogen (secondary N) is 2. The predicted octanol–water partition coefficient (Wildman–Crippen LogP) is 4.25. The first kappa shape index (κ1) is 19.4. The molecular weight excluding hydrogens is 430 g/mol. The van der Waals surface area contributed by atoms with Crippen molar-refractivity contribution < 1.29 is 0 Å². The lowest BCUT2D eigenvalue weighted by atomic mass is 10.1. The molecule has 0 unspecified atom stereocenters. The van der Waals surface area contributed by atoms with Crippen LogP contribution in [0.5, 0.6) is 0 Å². The number of benzene rings is 2. The number of aryl methyl sites for hydroxylation is 2. The molecule has 148 valence electrons. The smallest absolute Gasteiger partial charge is 0.277 e. The normalized spacial score (nSPS) is 11.1. The molecular formula is C22H22BrN5O. The van der Waals surface area contributed by atoms with Crippen LogP contribution >= 0.6 is 15.9 Å². The number of hydrogen-bond donors (Lipinski definition) is 2. The highest BCUT2D eigenvalue weighted by atomic mass is 79.9. The number of fused-ring (bicyclic) bond motifs is 1. The van der Waals surface area contributed by atoms with E-state index >= 15 is 0 Å². The van der Waals surface area contributed by atoms with Gasteiger partial charge in [0.1, 0.15) is 0 Å². The van der Waals surface area contributed by atoms with Gasteiger partial charge >= 0.3 is 0 Å². The van der Waals surface area contributed by atoms with Crippen LogP contribution in [0.3, 0.4) is 0 Å². The summed E-state index contributed by atoms with van der Waals surface area (Å²) in [7, 11) is 0. The van der Waals surface area contributed by atoms with Crippen LogP contribution in [0, 0.1) is 6.92 Å². The second-order valence-electron chi connectivity index (χ2n) is 7.02. The molecule has 4 aromatic rings. The summed E-state index contributed by atoms with van der Waals surface area (Å²) < 4.78 is 2.39. The van der Waals surface area contributed by atoms with Crippen LogP contribution in [-0.4, -0.2) is 19.6 Å². The summed E-state index contributed by atoms with van der Waals surface area (Å²) in [5, 5.41) is 6.27. The molecule has 0 aliphatic carbocycles. The van der Waals surface area contributed by atoms with E-state index in [1.807, 2.05) is 31.2 Å². The maximum Gasteiger partial charge on any atom is 0.277 e. The first-order valence-corrected chi connectivity index (χ1v) is 10.4. The molecule has 0 saturated heterocycles. The summed E-state index contributed by atoms with van der Waals surface area (Å²) in [5.74, 6) is 0.891. The van der Waals surface area contributed by atoms with Gasteiger partial charge in [-0.15, -0.1) is 0 Å². The third-order valence-corrected chi connectivity index (χ3v) is 5.45. The van der Waals surface area contributed by atoms with E-state index in [4.69, 9.17) is 0 Å². The summed E-state index contributed by atoms with van der Waals surface area (Å²) in [6, 6.07) is 16.4. The van der Waals surface area contributed by atoms with Crippen molar-refractivity contribution in [1.82, 2.24) is 19.6 Å². The van der Waals surface area contributed by atoms with Gasteiger partial charge in [-0.1, -0.05) is 59.3 Å². The van der Waals surface area contributed by atoms with E-state index in [2.05, 4.69) is 67.5 Å². The molecule has 2 aromatic heterocycles. The minimum Gasteiger partial charge on any atom is -0.351 e. The summed E-state index contributed by atoms with van der Waals surface area (Å²) in [4.78, 5) is 22.0. The molecule has 2 aromatic carbocycles. The molecule has 0 aliphatic heterocycles. The van der Waals surface area contributed by atoms with Crippen molar-refractivity contribution in [3.63, 3.8) is 0 Å². The van der Waals surface area contributed by atoms with E-state index in [9.17, 15) is 4.79 Å². The standard InChI is InChI=1S/C22H22BrN5O/c1-3-15-7-9-16(10-8-15)13-24-21-26-22-25-14(2)19(20(29)28(22)27-21)12-17-5-4-6-18(23)11-17/h4-11H,3,12-13H2,1-2H3,(H2,24,25,26,27). The number of H-pyrrole nitrogens is 1. The molecule has 4 rings (SSSR count). The Balaban J connectivity index is 1.58. The number of aromatic nitrogens is 4. The second-order valence-corrected chi connectivity index (χ2v) is 7.93. The van der Waals surface area contributed by atoms with E-state index < -0.39 is 0 Å². The van der Waals surface area contributed by atoms with Crippen LogP contribution < -0.4 is 10.9 Å². The fourth-order valence-electron chi connectivity index (χ4n) is 3.27. The van der Waals surface area contributed by atoms with E-state index in [1.165, 1.54) is 10.1 Å². The number of hydrogen-bond acceptors (Lipinski definition) is 4. The largest absolute Gasteiger partial charge is 0.351 e. The lowest BCUT2D eigenvalue weighted by molar-refractivity contribution is 0.857. The zero-order valence-corrected chi connectivity index (χ0v) is 18.0. The molecule has 0 saturated carbocycles. The maximum atomic E-state index is 13.0. The molecule has 0 spiro atoms. The van der Waals surface area contributed by atoms with Crippen LogP contribution in [0.25, 0.3) is 5.78 Å². The Morgan fingerprint density at radius 2 is 1.83 bits per heavy atom. The van der Waals surface area contributed by atoms with E-state index in [1.54, 1.807) is 0 Å². The van der Waals surface area contributed by atoms with Crippen molar-refractivity contribution in [3.8, 4) is 0 Å². The molecule has 7 heteroatoms. The fraction of sp³-hybridized carbons (Fsp3) is 0.227. The summed E-state index contributed by atoms with van der Waals surface area (Å²) in [6.45, 7) is 4.60. The van der Waals surface area contributed by atoms with Crippen LogP contribution in [-0.2, 0) is 19.4 Å². The van der Waals surface area contributed by atoms with Crippen LogP contribution in [0.4, 0.5) is 5.95 Å². The van der Waals surface area contributed by atoms with Gasteiger partial charge in [0.25, 0.3) is 11.3 Å². The third-order valence-electron chi connectivity index (χ3n) is 4.96. The Kier molecular flexibility index (Phi) is 5.49. The van der Waals surface area contributed by atoms with E-state index in [-0.39, 0.29) is 5.56 Å². The highest BCUT2D eigenvalue weighted by Crippen LogP contribution is 2.16. The summed E-state index contributed by atoms with van der Waals surface area (Å²) >= 11 is 3.48. The van der Waals surface area contributed by atoms with Gasteiger partial charge in [-0.25, -0.2) is 4.98 Å². The molecule has 0 atom stereocenters. The van der Waals surface area contributed by atoms with Gasteiger partial charge in [-0.3, -0.25) is 9.89 Å². The molecule has 0 radical (unpaired) electrons. The van der Waals surface area contributed by atoms with Crippen molar-refractivity contribution in [2.75, 3.05) is 5.32 Å². The quantitative estimate of drug-likeness (QED) is 0.459. The van der Waals surface area contributed by atoms with Gasteiger partial charge in [-0.2, -0.15) is 9.50 Å². The maximum absolute atomic E-state index is 13.0. The average Bonchev–Trinajstić information content (AvgIpc) is 3.13. The molecule has 2 N–H and O–H groups in total. The third kappa shape index (κ3) is 4.24. The van der Waals surface area contributed by atoms with E-state index in [0.717, 1.165) is 22.0 Å². The minimum absolute atomic E-state index is 0.125. The second kappa shape index (κ2) is 8.21. The zero-order valence-electron chi connectivity index (χ0n) is 16.4. The lowest BCUT2D eigenvalue weighted by Crippen LogP contribution is -2.22. The number of rotatable bonds is 6. The SMILES string of the molecule is CCc1ccc(CNc2nc3nc(C)c(Cc4cccc(Br)c4)c(=O)n3[nH]2)cc1. The predicted molar refractivity (Wildman–Crippen MR) is 118 cm³/mol. The molecule has 2 heterocycles. The Morgan fingerprint density at radius 1 is 1.07 bits per heavy atom. The van der Waals surface area contributed by atoms with Crippen LogP contribution in [0.15, 0.2) is 57.8 Å². The molecule has 0 aliphatic rings. The first-order chi connectivity index (χ1) is 14.0. The zero-order chi connectivity index (χ0) is 20.4. The Labute approximate surface area is 177 Å². The van der Waals surface area contributed by atoms with Crippen molar-refractivity contribution in [1.29, 1.82) is 0 Å². The Hall–Kier alpha value is -2.93. The van der Waals surface area contributed by atoms with Crippen molar-refractivity contribution in [3.05, 3.63) is 91.3 Å². The monoisotopic (exact) mass is 451 g/mol. The van der Waals surface area contributed by atoms with Crippen LogP contribution in [0.1, 0.15) is 34.9 Å². The van der Waals surface area contributed by atoms with Gasteiger partial charge in [0, 0.05) is 23.0 Å². The highest BCUT2D eigenvalue weighted by molar-refractivity contribution is 9.10. The molecule has 0 fully saturated rings. The van der Waals surface area contributed by atoms with Gasteiger partial charge in [0.2, 0.25) is 5.95 Å². The minimum atomic E-state index is -0.125. The summed E-state index contributed by atoms with van der Waals surface area (Å²) in [5.41, 5.74) is 4.74. The van der Waals surface area contributed by atoms with Crippen LogP contribution in [0.2, 0.25) is 0 Å². The highest BCUT2D eigenvalue weighted by Gasteiger charge is 2.14.